The first-order chi connectivity index (χ1) is 9.84. The van der Waals surface area contributed by atoms with E-state index in [9.17, 15) is 4.79 Å². The van der Waals surface area contributed by atoms with Crippen LogP contribution in [0.2, 0.25) is 0 Å². The summed E-state index contributed by atoms with van der Waals surface area (Å²) in [6.07, 6.45) is 4.71. The van der Waals surface area contributed by atoms with E-state index < -0.39 is 0 Å². The molecule has 3 rings (SSSR count). The number of carbonyl (C=O) groups is 1. The van der Waals surface area contributed by atoms with Gasteiger partial charge in [0.05, 0.1) is 6.20 Å². The SMILES string of the molecule is CC(=O)Nc1ncc([C@H]2CC2c2ncc(C(C)(C)C)o2)s1. The van der Waals surface area contributed by atoms with Crippen LogP contribution in [0, 0.1) is 0 Å². The highest BCUT2D eigenvalue weighted by molar-refractivity contribution is 7.15. The predicted octanol–water partition coefficient (Wildman–Crippen LogP) is 3.66. The Balaban J connectivity index is 1.70. The minimum Gasteiger partial charge on any atom is -0.445 e. The Hall–Kier alpha value is -1.69. The zero-order valence-electron chi connectivity index (χ0n) is 12.6. The van der Waals surface area contributed by atoms with Gasteiger partial charge in [-0.1, -0.05) is 20.8 Å². The Kier molecular flexibility index (Phi) is 3.36. The molecule has 1 aliphatic carbocycles. The Labute approximate surface area is 127 Å². The van der Waals surface area contributed by atoms with E-state index >= 15 is 0 Å². The number of nitrogens with zero attached hydrogens (tertiary/aromatic N) is 2. The monoisotopic (exact) mass is 305 g/mol. The minimum absolute atomic E-state index is 0.0152. The maximum absolute atomic E-state index is 11.0. The average molecular weight is 305 g/mol. The molecule has 21 heavy (non-hydrogen) atoms. The van der Waals surface area contributed by atoms with Gasteiger partial charge in [-0.05, 0) is 6.42 Å². The summed E-state index contributed by atoms with van der Waals surface area (Å²) in [4.78, 5) is 20.8. The van der Waals surface area contributed by atoms with Crippen molar-refractivity contribution in [2.75, 3.05) is 5.32 Å². The number of hydrogen-bond donors (Lipinski definition) is 1. The maximum atomic E-state index is 11.0. The molecule has 5 nitrogen and oxygen atoms in total. The summed E-state index contributed by atoms with van der Waals surface area (Å²) in [6, 6.07) is 0. The highest BCUT2D eigenvalue weighted by Gasteiger charge is 2.44. The predicted molar refractivity (Wildman–Crippen MR) is 81.7 cm³/mol. The van der Waals surface area contributed by atoms with Gasteiger partial charge in [0, 0.05) is 35.2 Å². The molecule has 2 aromatic rings. The van der Waals surface area contributed by atoms with Crippen LogP contribution in [0.15, 0.2) is 16.8 Å². The third-order valence-electron chi connectivity index (χ3n) is 3.54. The molecule has 6 heteroatoms. The number of hydrogen-bond acceptors (Lipinski definition) is 5. The quantitative estimate of drug-likeness (QED) is 0.939. The van der Waals surface area contributed by atoms with Crippen LogP contribution in [0.5, 0.6) is 0 Å². The van der Waals surface area contributed by atoms with Crippen LogP contribution in [-0.4, -0.2) is 15.9 Å². The molecule has 2 atom stereocenters. The van der Waals surface area contributed by atoms with Crippen molar-refractivity contribution in [3.63, 3.8) is 0 Å². The summed E-state index contributed by atoms with van der Waals surface area (Å²) in [5.41, 5.74) is -0.0152. The van der Waals surface area contributed by atoms with Gasteiger partial charge in [-0.2, -0.15) is 0 Å². The zero-order valence-corrected chi connectivity index (χ0v) is 13.5. The van der Waals surface area contributed by atoms with E-state index in [0.717, 1.165) is 18.1 Å². The molecule has 0 radical (unpaired) electrons. The van der Waals surface area contributed by atoms with Crippen molar-refractivity contribution >= 4 is 22.4 Å². The van der Waals surface area contributed by atoms with E-state index in [0.29, 0.717) is 17.0 Å². The Bertz CT molecular complexity index is 669. The maximum Gasteiger partial charge on any atom is 0.223 e. The van der Waals surface area contributed by atoms with Gasteiger partial charge in [-0.25, -0.2) is 9.97 Å². The van der Waals surface area contributed by atoms with E-state index in [1.54, 1.807) is 0 Å². The molecule has 1 fully saturated rings. The highest BCUT2D eigenvalue weighted by Crippen LogP contribution is 2.56. The third kappa shape index (κ3) is 3.00. The third-order valence-corrected chi connectivity index (χ3v) is 4.59. The first kappa shape index (κ1) is 14.3. The molecule has 1 saturated carbocycles. The fourth-order valence-corrected chi connectivity index (χ4v) is 3.30. The van der Waals surface area contributed by atoms with E-state index in [4.69, 9.17) is 4.42 Å². The lowest BCUT2D eigenvalue weighted by Crippen LogP contribution is -2.09. The average Bonchev–Trinajstić information content (AvgIpc) is 2.83. The number of amides is 1. The van der Waals surface area contributed by atoms with Gasteiger partial charge in [0.15, 0.2) is 11.0 Å². The van der Waals surface area contributed by atoms with E-state index in [1.807, 2.05) is 12.4 Å². The standard InChI is InChI=1S/C15H19N3O2S/c1-8(19)18-14-17-6-11(21-14)9-5-10(9)13-16-7-12(20-13)15(2,3)4/h6-7,9-10H,5H2,1-4H3,(H,17,18,19)/t9-,10?/m0/s1. The number of oxazole rings is 1. The fraction of sp³-hybridized carbons (Fsp3) is 0.533. The summed E-state index contributed by atoms with van der Waals surface area (Å²) in [7, 11) is 0. The van der Waals surface area contributed by atoms with Crippen LogP contribution in [-0.2, 0) is 10.2 Å². The molecule has 112 valence electrons. The van der Waals surface area contributed by atoms with Crippen LogP contribution < -0.4 is 5.32 Å². The number of rotatable bonds is 3. The molecule has 1 aliphatic rings. The molecular weight excluding hydrogens is 286 g/mol. The Morgan fingerprint density at radius 3 is 2.71 bits per heavy atom. The van der Waals surface area contributed by atoms with Crippen LogP contribution >= 0.6 is 11.3 Å². The van der Waals surface area contributed by atoms with Crippen LogP contribution in [0.3, 0.4) is 0 Å². The molecule has 1 N–H and O–H groups in total. The topological polar surface area (TPSA) is 68.0 Å². The molecule has 1 unspecified atom stereocenters. The summed E-state index contributed by atoms with van der Waals surface area (Å²) >= 11 is 1.53. The molecule has 0 saturated heterocycles. The fourth-order valence-electron chi connectivity index (χ4n) is 2.25. The highest BCUT2D eigenvalue weighted by atomic mass is 32.1. The second-order valence-electron chi connectivity index (χ2n) is 6.51. The van der Waals surface area contributed by atoms with Gasteiger partial charge < -0.3 is 9.73 Å². The largest absolute Gasteiger partial charge is 0.445 e. The number of thiazole rings is 1. The zero-order chi connectivity index (χ0) is 15.2. The van der Waals surface area contributed by atoms with Crippen molar-refractivity contribution in [1.29, 1.82) is 0 Å². The second kappa shape index (κ2) is 4.94. The first-order valence-corrected chi connectivity index (χ1v) is 7.86. The molecule has 1 amide bonds. The Morgan fingerprint density at radius 1 is 1.33 bits per heavy atom. The summed E-state index contributed by atoms with van der Waals surface area (Å²) < 4.78 is 5.90. The number of carbonyl (C=O) groups excluding carboxylic acids is 1. The van der Waals surface area contributed by atoms with Crippen molar-refractivity contribution in [1.82, 2.24) is 9.97 Å². The molecule has 2 heterocycles. The second-order valence-corrected chi connectivity index (χ2v) is 7.57. The number of anilines is 1. The summed E-state index contributed by atoms with van der Waals surface area (Å²) in [5.74, 6) is 2.40. The van der Waals surface area contributed by atoms with E-state index in [2.05, 4.69) is 36.1 Å². The van der Waals surface area contributed by atoms with Gasteiger partial charge in [0.2, 0.25) is 5.91 Å². The van der Waals surface area contributed by atoms with Crippen molar-refractivity contribution in [3.05, 3.63) is 28.9 Å². The smallest absolute Gasteiger partial charge is 0.223 e. The van der Waals surface area contributed by atoms with E-state index in [1.165, 1.54) is 23.1 Å². The van der Waals surface area contributed by atoms with Crippen LogP contribution in [0.4, 0.5) is 5.13 Å². The van der Waals surface area contributed by atoms with Gasteiger partial charge in [0.1, 0.15) is 5.76 Å². The van der Waals surface area contributed by atoms with Gasteiger partial charge in [-0.15, -0.1) is 11.3 Å². The summed E-state index contributed by atoms with van der Waals surface area (Å²) in [6.45, 7) is 7.83. The van der Waals surface area contributed by atoms with Crippen molar-refractivity contribution in [2.24, 2.45) is 0 Å². The summed E-state index contributed by atoms with van der Waals surface area (Å²) in [5, 5.41) is 3.37. The molecule has 0 bridgehead atoms. The lowest BCUT2D eigenvalue weighted by molar-refractivity contribution is -0.114. The molecule has 2 aromatic heterocycles. The normalized spacial score (nSPS) is 21.3. The van der Waals surface area contributed by atoms with Gasteiger partial charge in [-0.3, -0.25) is 4.79 Å². The minimum atomic E-state index is -0.0919. The molecule has 0 aliphatic heterocycles. The lowest BCUT2D eigenvalue weighted by Gasteiger charge is -2.13. The van der Waals surface area contributed by atoms with Gasteiger partial charge in [0.25, 0.3) is 0 Å². The number of nitrogens with one attached hydrogen (secondary N) is 1. The molecule has 0 aromatic carbocycles. The van der Waals surface area contributed by atoms with Crippen molar-refractivity contribution in [2.45, 2.75) is 51.4 Å². The molecule has 0 spiro atoms. The van der Waals surface area contributed by atoms with E-state index in [-0.39, 0.29) is 11.3 Å². The van der Waals surface area contributed by atoms with Gasteiger partial charge >= 0.3 is 0 Å². The Morgan fingerprint density at radius 2 is 2.10 bits per heavy atom. The molecular formula is C15H19N3O2S. The number of aromatic nitrogens is 2. The van der Waals surface area contributed by atoms with Crippen LogP contribution in [0.25, 0.3) is 0 Å². The lowest BCUT2D eigenvalue weighted by atomic mass is 9.94. The van der Waals surface area contributed by atoms with Crippen molar-refractivity contribution < 1.29 is 9.21 Å². The first-order valence-electron chi connectivity index (χ1n) is 7.04. The van der Waals surface area contributed by atoms with Crippen molar-refractivity contribution in [3.8, 4) is 0 Å². The van der Waals surface area contributed by atoms with Crippen LogP contribution in [0.1, 0.15) is 62.5 Å².